The Morgan fingerprint density at radius 3 is 1.07 bits per heavy atom. The minimum absolute atomic E-state index is 0.00440. The minimum atomic E-state index is -4.58. The van der Waals surface area contributed by atoms with Gasteiger partial charge in [-0.05, 0) is 259 Å². The van der Waals surface area contributed by atoms with Crippen molar-refractivity contribution < 1.29 is 78.7 Å². The standard InChI is InChI=1S/C23H36BNO2.C22H34BNO2.C17H25BF3NO3.C17H26BNO4.C17H28BNO3/c1-15-14-21(5,6)18-13-16(24-26-22(7,8)23(9,10)27-24)12-17(20(2,3)4)19(18)25(15)11;1-14-13-20(5,6)17-12-15(11-16(18(17)24-14)19(2,3)4)23-25-21(7,8)22(9,10)26-23;1-14(2,3)10-23-13-9-11(8-12(22-13)17(19,20)21)18-24-15(4,5)16(6,7)25-18;1-15(2,3)13-10-11(9-12(19-13)14(20)21-8)18-22-16(4,5)17(6,7)23-18;1-9-20-14-11-12(10-13(19-14)15(2,3)4)18-21-16(5,6)17(7,8)22-18/h12-13H,1,14H2,2-11H3;11-12,24H,1,13H2,2-10H3;8-9H,10H2,1-7H3;9-10H,1-8H3;10-11H,9H2,1-8H3. The second kappa shape index (κ2) is 34.3. The molecule has 0 unspecified atom stereocenters. The topological polar surface area (TPSA) is 191 Å². The molecule has 123 heavy (non-hydrogen) atoms. The first kappa shape index (κ1) is 102. The lowest BCUT2D eigenvalue weighted by Crippen LogP contribution is -2.41. The molecule has 0 amide bonds. The number of methoxy groups -OCH3 is 1. The molecule has 0 atom stereocenters. The van der Waals surface area contributed by atoms with Crippen LogP contribution < -0.4 is 47.0 Å². The smallest absolute Gasteiger partial charge is 0.478 e. The van der Waals surface area contributed by atoms with Crippen molar-refractivity contribution in [2.24, 2.45) is 5.41 Å². The van der Waals surface area contributed by atoms with Gasteiger partial charge >= 0.3 is 47.7 Å². The fraction of sp³-hybridized carbons (Fsp3) is 0.667. The van der Waals surface area contributed by atoms with Gasteiger partial charge in [0.2, 0.25) is 11.8 Å². The molecule has 5 saturated heterocycles. The van der Waals surface area contributed by atoms with E-state index in [0.29, 0.717) is 12.5 Å². The van der Waals surface area contributed by atoms with Gasteiger partial charge in [0.05, 0.1) is 76.3 Å². The maximum atomic E-state index is 13.2. The molecule has 0 spiro atoms. The lowest BCUT2D eigenvalue weighted by molar-refractivity contribution is -0.141. The van der Waals surface area contributed by atoms with Crippen molar-refractivity contribution in [2.45, 2.75) is 384 Å². The second-order valence-corrected chi connectivity index (χ2v) is 46.1. The van der Waals surface area contributed by atoms with Crippen LogP contribution >= 0.6 is 0 Å². The van der Waals surface area contributed by atoms with Crippen LogP contribution in [0.3, 0.4) is 0 Å². The maximum absolute atomic E-state index is 13.2. The minimum Gasteiger partial charge on any atom is -0.478 e. The number of carbonyl (C=O) groups is 1. The van der Waals surface area contributed by atoms with Gasteiger partial charge in [0.15, 0.2) is 0 Å². The summed E-state index contributed by atoms with van der Waals surface area (Å²) >= 11 is 0. The number of hydrogen-bond donors (Lipinski definition) is 1. The van der Waals surface area contributed by atoms with E-state index < -0.39 is 61.6 Å². The zero-order chi connectivity index (χ0) is 93.9. The van der Waals surface area contributed by atoms with E-state index >= 15 is 0 Å². The summed E-state index contributed by atoms with van der Waals surface area (Å²) in [5.41, 5.74) is 10.6. The number of fused-ring (bicyclic) bond motifs is 2. The maximum Gasteiger partial charge on any atom is 0.495 e. The molecule has 1 N–H and O–H groups in total. The lowest BCUT2D eigenvalue weighted by Gasteiger charge is -2.43. The van der Waals surface area contributed by atoms with Crippen LogP contribution in [0, 0.1) is 5.41 Å². The summed E-state index contributed by atoms with van der Waals surface area (Å²) in [5.74, 6) is 0.0722. The molecule has 0 aliphatic carbocycles. The van der Waals surface area contributed by atoms with Crippen molar-refractivity contribution in [3.05, 3.63) is 130 Å². The van der Waals surface area contributed by atoms with Crippen molar-refractivity contribution >= 4 is 80.3 Å². The lowest BCUT2D eigenvalue weighted by atomic mass is 9.67. The normalized spacial score (nSPS) is 21.5. The van der Waals surface area contributed by atoms with E-state index in [4.69, 9.17) is 60.8 Å². The van der Waals surface area contributed by atoms with Crippen molar-refractivity contribution in [1.29, 1.82) is 0 Å². The number of halogens is 3. The van der Waals surface area contributed by atoms with Crippen LogP contribution in [0.25, 0.3) is 0 Å². The first-order valence-corrected chi connectivity index (χ1v) is 43.7. The highest BCUT2D eigenvalue weighted by Gasteiger charge is 2.58. The number of aromatic nitrogens is 3. The number of esters is 1. The van der Waals surface area contributed by atoms with Gasteiger partial charge < -0.3 is 71.0 Å². The quantitative estimate of drug-likeness (QED) is 0.102. The second-order valence-electron chi connectivity index (χ2n) is 46.1. The fourth-order valence-corrected chi connectivity index (χ4v) is 14.6. The number of allylic oxidation sites excluding steroid dienone is 2. The van der Waals surface area contributed by atoms with Crippen molar-refractivity contribution in [3.63, 3.8) is 0 Å². The van der Waals surface area contributed by atoms with Crippen LogP contribution in [-0.2, 0) is 89.9 Å². The van der Waals surface area contributed by atoms with E-state index in [1.165, 1.54) is 52.5 Å². The third kappa shape index (κ3) is 22.9. The number of hydrogen-bond acceptors (Lipinski definition) is 19. The summed E-state index contributed by atoms with van der Waals surface area (Å²) in [4.78, 5) is 26.9. The van der Waals surface area contributed by atoms with Gasteiger partial charge in [-0.3, -0.25) is 0 Å². The van der Waals surface area contributed by atoms with E-state index in [1.807, 2.05) is 116 Å². The van der Waals surface area contributed by atoms with Crippen LogP contribution in [0.2, 0.25) is 0 Å². The average Bonchev–Trinajstić information content (AvgIpc) is 1.40. The van der Waals surface area contributed by atoms with Gasteiger partial charge in [-0.15, -0.1) is 0 Å². The molecule has 19 nitrogen and oxygen atoms in total. The van der Waals surface area contributed by atoms with Gasteiger partial charge in [-0.2, -0.15) is 13.2 Å². The molecule has 5 fully saturated rings. The van der Waals surface area contributed by atoms with E-state index in [-0.39, 0.29) is 109 Å². The van der Waals surface area contributed by atoms with Gasteiger partial charge in [-0.25, -0.2) is 19.7 Å². The molecule has 3 aromatic heterocycles. The molecule has 10 heterocycles. The van der Waals surface area contributed by atoms with E-state index in [2.05, 4.69) is 249 Å². The third-order valence-corrected chi connectivity index (χ3v) is 26.1. The molecule has 27 heteroatoms. The van der Waals surface area contributed by atoms with Crippen molar-refractivity contribution in [3.8, 4) is 11.8 Å². The van der Waals surface area contributed by atoms with Gasteiger partial charge in [0, 0.05) is 64.2 Å². The molecule has 0 saturated carbocycles. The fourth-order valence-electron chi connectivity index (χ4n) is 14.6. The van der Waals surface area contributed by atoms with Crippen molar-refractivity contribution in [1.82, 2.24) is 15.0 Å². The Balaban J connectivity index is 0.000000191. The summed E-state index contributed by atoms with van der Waals surface area (Å²) < 4.78 is 117. The highest BCUT2D eigenvalue weighted by atomic mass is 19.4. The Morgan fingerprint density at radius 1 is 0.423 bits per heavy atom. The van der Waals surface area contributed by atoms with E-state index in [9.17, 15) is 18.0 Å². The third-order valence-electron chi connectivity index (χ3n) is 26.1. The highest BCUT2D eigenvalue weighted by molar-refractivity contribution is 6.64. The number of alkyl halides is 3. The number of rotatable bonds is 10. The van der Waals surface area contributed by atoms with Gasteiger partial charge in [0.1, 0.15) is 11.4 Å². The highest BCUT2D eigenvalue weighted by Crippen LogP contribution is 2.50. The van der Waals surface area contributed by atoms with Crippen LogP contribution in [0.5, 0.6) is 11.8 Å². The Morgan fingerprint density at radius 2 is 0.732 bits per heavy atom. The molecule has 12 rings (SSSR count). The molecule has 0 radical (unpaired) electrons. The number of nitrogens with zero attached hydrogens (tertiary/aromatic N) is 4. The Hall–Kier alpha value is -6.25. The van der Waals surface area contributed by atoms with E-state index in [0.717, 1.165) is 57.8 Å². The Labute approximate surface area is 739 Å². The van der Waals surface area contributed by atoms with Crippen LogP contribution in [0.1, 0.15) is 340 Å². The van der Waals surface area contributed by atoms with Gasteiger partial charge in [-0.1, -0.05) is 169 Å². The summed E-state index contributed by atoms with van der Waals surface area (Å²) in [6.45, 7) is 92.9. The number of anilines is 2. The number of benzene rings is 2. The SMILES string of the molecule is C=C1CC(C)(C)c2cc(B3OC(C)(C)C(C)(C)O3)cc(C(C)(C)C)c2N1.C=C1CC(C)(C)c2cc(B3OC(C)(C)C(C)(C)O3)cc(C(C)(C)C)c2N1C.CC(C)(C)COc1cc(B2OC(C)(C)C(C)(C)O2)cc(C(F)(F)F)n1.CCOc1cc(B2OC(C)(C)C(C)(C)O2)cc(C(C)(C)C)n1.COC(=O)c1cc(B2OC(C)(C)C(C)(C)O2)cc(C(C)(C)C)n1. The Bertz CT molecular complexity index is 4590. The first-order valence-electron chi connectivity index (χ1n) is 43.7. The molecule has 5 aromatic rings. The summed E-state index contributed by atoms with van der Waals surface area (Å²) in [7, 11) is 0.967. The summed E-state index contributed by atoms with van der Waals surface area (Å²) in [6, 6.07) is 19.1. The van der Waals surface area contributed by atoms with Crippen LogP contribution in [0.15, 0.2) is 85.2 Å². The largest absolute Gasteiger partial charge is 0.495 e. The molecule has 0 bridgehead atoms. The summed E-state index contributed by atoms with van der Waals surface area (Å²) in [5, 5.41) is 3.56. The number of pyridine rings is 3. The zero-order valence-corrected chi connectivity index (χ0v) is 83.0. The molecular weight excluding hydrogens is 1560 g/mol. The molecular formula is C96H149B5F3N5O14. The number of ether oxygens (including phenoxy) is 3. The number of carbonyl (C=O) groups excluding carboxylic acids is 1. The summed E-state index contributed by atoms with van der Waals surface area (Å²) in [6.07, 6.45) is -2.71. The predicted octanol–water partition coefficient (Wildman–Crippen LogP) is 19.2. The zero-order valence-electron chi connectivity index (χ0n) is 83.0. The van der Waals surface area contributed by atoms with Gasteiger partial charge in [0.25, 0.3) is 0 Å². The average molecular weight is 1710 g/mol. The first-order chi connectivity index (χ1) is 55.1. The molecule has 7 aliphatic rings. The monoisotopic (exact) mass is 1710 g/mol. The Kier molecular flexibility index (Phi) is 28.5. The molecule has 2 aromatic carbocycles. The predicted molar refractivity (Wildman–Crippen MR) is 497 cm³/mol. The van der Waals surface area contributed by atoms with Crippen LogP contribution in [-0.4, -0.2) is 140 Å². The number of nitrogens with one attached hydrogen (secondary N) is 1. The molecule has 7 aliphatic heterocycles. The van der Waals surface area contributed by atoms with E-state index in [1.54, 1.807) is 6.07 Å². The molecule has 678 valence electrons. The van der Waals surface area contributed by atoms with Crippen molar-refractivity contribution in [2.75, 3.05) is 37.6 Å². The van der Waals surface area contributed by atoms with Crippen LogP contribution in [0.4, 0.5) is 24.5 Å².